The van der Waals surface area contributed by atoms with E-state index >= 15 is 0 Å². The molecule has 5 nitrogen and oxygen atoms in total. The summed E-state index contributed by atoms with van der Waals surface area (Å²) in [6, 6.07) is 8.76. The summed E-state index contributed by atoms with van der Waals surface area (Å²) < 4.78 is 14.0. The molecule has 2 aromatic rings. The first kappa shape index (κ1) is 23.5. The lowest BCUT2D eigenvalue weighted by Crippen LogP contribution is -2.53. The van der Waals surface area contributed by atoms with Gasteiger partial charge >= 0.3 is 0 Å². The van der Waals surface area contributed by atoms with E-state index in [1.807, 2.05) is 15.9 Å². The minimum Gasteiger partial charge on any atom is -0.339 e. The molecule has 1 aromatic carbocycles. The molecule has 0 spiro atoms. The number of carbonyl (C=O) groups excluding carboxylic acids is 2. The molecular weight excluding hydrogens is 449 g/mol. The van der Waals surface area contributed by atoms with Gasteiger partial charge in [-0.25, -0.2) is 4.39 Å². The highest BCUT2D eigenvalue weighted by Gasteiger charge is 2.33. The summed E-state index contributed by atoms with van der Waals surface area (Å²) in [7, 11) is 0. The van der Waals surface area contributed by atoms with Crippen LogP contribution in [0.15, 0.2) is 35.7 Å². The number of hydrogen-bond donors (Lipinski definition) is 0. The van der Waals surface area contributed by atoms with Crippen molar-refractivity contribution in [1.82, 2.24) is 14.7 Å². The van der Waals surface area contributed by atoms with E-state index < -0.39 is 0 Å². The molecule has 0 N–H and O–H groups in total. The van der Waals surface area contributed by atoms with Crippen molar-refractivity contribution >= 4 is 23.2 Å². The van der Waals surface area contributed by atoms with Crippen molar-refractivity contribution in [1.29, 1.82) is 0 Å². The monoisotopic (exact) mass is 483 g/mol. The third kappa shape index (κ3) is 5.20. The Morgan fingerprint density at radius 2 is 1.71 bits per heavy atom. The van der Waals surface area contributed by atoms with Gasteiger partial charge in [0.15, 0.2) is 0 Å². The topological polar surface area (TPSA) is 43.9 Å². The Hall–Kier alpha value is -2.25. The first-order chi connectivity index (χ1) is 16.6. The highest BCUT2D eigenvalue weighted by molar-refractivity contribution is 7.10. The van der Waals surface area contributed by atoms with Crippen LogP contribution >= 0.6 is 11.3 Å². The van der Waals surface area contributed by atoms with Gasteiger partial charge in [-0.1, -0.05) is 37.8 Å². The van der Waals surface area contributed by atoms with Crippen molar-refractivity contribution in [3.63, 3.8) is 0 Å². The maximum absolute atomic E-state index is 14.0. The molecule has 2 aliphatic heterocycles. The smallest absolute Gasteiger partial charge is 0.236 e. The second-order valence-corrected chi connectivity index (χ2v) is 10.9. The summed E-state index contributed by atoms with van der Waals surface area (Å²) in [6.45, 7) is 3.52. The minimum atomic E-state index is -0.250. The van der Waals surface area contributed by atoms with Gasteiger partial charge in [0.1, 0.15) is 5.82 Å². The van der Waals surface area contributed by atoms with Gasteiger partial charge < -0.3 is 9.80 Å². The highest BCUT2D eigenvalue weighted by atomic mass is 32.1. The molecule has 182 valence electrons. The minimum absolute atomic E-state index is 0.0955. The van der Waals surface area contributed by atoms with E-state index in [1.165, 1.54) is 42.2 Å². The Morgan fingerprint density at radius 3 is 2.44 bits per heavy atom. The van der Waals surface area contributed by atoms with Crippen molar-refractivity contribution in [3.8, 4) is 0 Å². The Kier molecular flexibility index (Phi) is 7.30. The molecule has 1 aliphatic carbocycles. The molecule has 1 unspecified atom stereocenters. The maximum atomic E-state index is 14.0. The molecule has 0 radical (unpaired) electrons. The fourth-order valence-corrected chi connectivity index (χ4v) is 6.77. The van der Waals surface area contributed by atoms with E-state index in [0.717, 1.165) is 30.9 Å². The summed E-state index contributed by atoms with van der Waals surface area (Å²) in [5.74, 6) is 0.815. The van der Waals surface area contributed by atoms with Crippen molar-refractivity contribution in [3.05, 3.63) is 57.5 Å². The average molecular weight is 484 g/mol. The van der Waals surface area contributed by atoms with Crippen molar-refractivity contribution in [2.45, 2.75) is 51.0 Å². The quantitative estimate of drug-likeness (QED) is 0.609. The molecule has 2 fully saturated rings. The van der Waals surface area contributed by atoms with Crippen molar-refractivity contribution < 1.29 is 14.0 Å². The zero-order chi connectivity index (χ0) is 23.5. The number of piperazine rings is 1. The summed E-state index contributed by atoms with van der Waals surface area (Å²) in [6.07, 6.45) is 7.74. The molecule has 1 atom stereocenters. The lowest BCUT2D eigenvalue weighted by molar-refractivity contribution is -0.140. The fourth-order valence-electron chi connectivity index (χ4n) is 5.87. The van der Waals surface area contributed by atoms with Gasteiger partial charge in [-0.05, 0) is 53.5 Å². The molecule has 7 heteroatoms. The van der Waals surface area contributed by atoms with Gasteiger partial charge in [0.05, 0.1) is 12.6 Å². The van der Waals surface area contributed by atoms with E-state index in [9.17, 15) is 14.0 Å². The molecule has 34 heavy (non-hydrogen) atoms. The third-order valence-electron chi connectivity index (χ3n) is 7.79. The lowest BCUT2D eigenvalue weighted by atomic mass is 9.93. The van der Waals surface area contributed by atoms with Gasteiger partial charge in [-0.15, -0.1) is 11.3 Å². The first-order valence-corrected chi connectivity index (χ1v) is 13.6. The predicted molar refractivity (Wildman–Crippen MR) is 132 cm³/mol. The number of hydrogen-bond acceptors (Lipinski definition) is 4. The number of nitrogens with zero attached hydrogens (tertiary/aromatic N) is 3. The largest absolute Gasteiger partial charge is 0.339 e. The van der Waals surface area contributed by atoms with Gasteiger partial charge in [-0.2, -0.15) is 0 Å². The molecular formula is C27H34FN3O2S. The predicted octanol–water partition coefficient (Wildman–Crippen LogP) is 4.48. The molecule has 1 aromatic heterocycles. The van der Waals surface area contributed by atoms with E-state index in [0.29, 0.717) is 39.1 Å². The van der Waals surface area contributed by atoms with Crippen LogP contribution in [-0.2, 0) is 16.0 Å². The van der Waals surface area contributed by atoms with E-state index in [4.69, 9.17) is 0 Å². The molecule has 0 bridgehead atoms. The Balaban J connectivity index is 1.18. The van der Waals surface area contributed by atoms with Crippen LogP contribution in [0.3, 0.4) is 0 Å². The second kappa shape index (κ2) is 10.6. The number of halogens is 1. The second-order valence-electron chi connectivity index (χ2n) is 9.93. The van der Waals surface area contributed by atoms with E-state index in [2.05, 4.69) is 16.3 Å². The van der Waals surface area contributed by atoms with Crippen LogP contribution in [0.4, 0.5) is 4.39 Å². The third-order valence-corrected chi connectivity index (χ3v) is 8.79. The summed E-state index contributed by atoms with van der Waals surface area (Å²) >= 11 is 1.74. The number of fused-ring (bicyclic) bond motifs is 1. The average Bonchev–Trinajstić information content (AvgIpc) is 3.54. The van der Waals surface area contributed by atoms with Crippen LogP contribution in [-0.4, -0.2) is 65.8 Å². The van der Waals surface area contributed by atoms with Gasteiger partial charge in [0, 0.05) is 44.0 Å². The van der Waals surface area contributed by atoms with Gasteiger partial charge in [0.25, 0.3) is 0 Å². The SMILES string of the molecule is O=C(CCC1CCCC1)N1CCN(C(=O)CN2CCc3sccc3C2c2cccc(F)c2)CC1. The number of rotatable bonds is 6. The number of carbonyl (C=O) groups is 2. The van der Waals surface area contributed by atoms with Crippen LogP contribution < -0.4 is 0 Å². The van der Waals surface area contributed by atoms with Gasteiger partial charge in [0.2, 0.25) is 11.8 Å². The summed E-state index contributed by atoms with van der Waals surface area (Å²) in [4.78, 5) is 33.2. The number of amides is 2. The van der Waals surface area contributed by atoms with Crippen molar-refractivity contribution in [2.75, 3.05) is 39.3 Å². The van der Waals surface area contributed by atoms with Crippen LogP contribution in [0.5, 0.6) is 0 Å². The molecule has 1 saturated carbocycles. The Morgan fingerprint density at radius 1 is 0.971 bits per heavy atom. The lowest BCUT2D eigenvalue weighted by Gasteiger charge is -2.39. The highest BCUT2D eigenvalue weighted by Crippen LogP contribution is 2.38. The maximum Gasteiger partial charge on any atom is 0.236 e. The van der Waals surface area contributed by atoms with Crippen LogP contribution in [0.2, 0.25) is 0 Å². The Bertz CT molecular complexity index is 1010. The molecule has 1 saturated heterocycles. The molecule has 3 heterocycles. The van der Waals surface area contributed by atoms with Crippen LogP contribution in [0.25, 0.3) is 0 Å². The first-order valence-electron chi connectivity index (χ1n) is 12.7. The normalized spacial score (nSPS) is 21.6. The number of benzene rings is 1. The Labute approximate surface area is 205 Å². The zero-order valence-electron chi connectivity index (χ0n) is 19.8. The molecule has 2 amide bonds. The van der Waals surface area contributed by atoms with E-state index in [-0.39, 0.29) is 23.7 Å². The van der Waals surface area contributed by atoms with Gasteiger partial charge in [-0.3, -0.25) is 14.5 Å². The number of thiophene rings is 1. The van der Waals surface area contributed by atoms with E-state index in [1.54, 1.807) is 23.5 Å². The summed E-state index contributed by atoms with van der Waals surface area (Å²) in [5.41, 5.74) is 2.08. The standard InChI is InChI=1S/C27H34FN3O2S/c28-22-7-3-6-21(18-22)27-23-11-17-34-24(23)10-12-31(27)19-26(33)30-15-13-29(14-16-30)25(32)9-8-20-4-1-2-5-20/h3,6-7,11,17-18,20,27H,1-2,4-5,8-10,12-16,19H2. The van der Waals surface area contributed by atoms with Crippen LogP contribution in [0, 0.1) is 11.7 Å². The van der Waals surface area contributed by atoms with Crippen molar-refractivity contribution in [2.24, 2.45) is 5.92 Å². The molecule has 5 rings (SSSR count). The zero-order valence-corrected chi connectivity index (χ0v) is 20.6. The fraction of sp³-hybridized carbons (Fsp3) is 0.556. The summed E-state index contributed by atoms with van der Waals surface area (Å²) in [5, 5.41) is 2.09. The molecule has 3 aliphatic rings. The van der Waals surface area contributed by atoms with Crippen LogP contribution in [0.1, 0.15) is 60.6 Å².